The van der Waals surface area contributed by atoms with Crippen molar-refractivity contribution in [3.8, 4) is 17.6 Å². The molecule has 9 nitrogen and oxygen atoms in total. The topological polar surface area (TPSA) is 109 Å². The van der Waals surface area contributed by atoms with Crippen molar-refractivity contribution in [3.63, 3.8) is 0 Å². The second-order valence-electron chi connectivity index (χ2n) is 9.99. The van der Waals surface area contributed by atoms with Gasteiger partial charge in [0.25, 0.3) is 0 Å². The third-order valence-corrected chi connectivity index (χ3v) is 9.12. The Bertz CT molecular complexity index is 1280. The summed E-state index contributed by atoms with van der Waals surface area (Å²) in [6.07, 6.45) is 4.21. The van der Waals surface area contributed by atoms with Gasteiger partial charge < -0.3 is 19.5 Å². The summed E-state index contributed by atoms with van der Waals surface area (Å²) in [7, 11) is -2.20. The van der Waals surface area contributed by atoms with Gasteiger partial charge in [-0.05, 0) is 50.1 Å². The Labute approximate surface area is 224 Å². The predicted octanol–water partition coefficient (Wildman–Crippen LogP) is 2.14. The highest BCUT2D eigenvalue weighted by molar-refractivity contribution is 7.89. The molecule has 38 heavy (non-hydrogen) atoms. The van der Waals surface area contributed by atoms with Crippen molar-refractivity contribution in [2.45, 2.75) is 43.7 Å². The Morgan fingerprint density at radius 3 is 2.55 bits per heavy atom. The quantitative estimate of drug-likeness (QED) is 0.578. The lowest BCUT2D eigenvalue weighted by Gasteiger charge is -2.38. The number of pyridine rings is 1. The second kappa shape index (κ2) is 12.3. The maximum absolute atomic E-state index is 13.7. The molecular weight excluding hydrogens is 506 g/mol. The minimum Gasteiger partial charge on any atom is -0.487 e. The SMILES string of the molecule is C[C@H]1CN([C@@H](C)CO)S(=O)(=O)c2ccc(C#Cc3ccncc3)cc2O[C@H]1CN(C)C(=O)C1CCOCC1. The lowest BCUT2D eigenvalue weighted by molar-refractivity contribution is -0.138. The van der Waals surface area contributed by atoms with Gasteiger partial charge in [-0.2, -0.15) is 4.31 Å². The number of aliphatic hydroxyl groups is 1. The number of aromatic nitrogens is 1. The van der Waals surface area contributed by atoms with Crippen molar-refractivity contribution in [2.24, 2.45) is 11.8 Å². The van der Waals surface area contributed by atoms with Crippen LogP contribution in [0.5, 0.6) is 5.75 Å². The lowest BCUT2D eigenvalue weighted by atomic mass is 9.97. The number of aliphatic hydroxyl groups excluding tert-OH is 1. The molecule has 1 fully saturated rings. The van der Waals surface area contributed by atoms with Crippen molar-refractivity contribution in [1.82, 2.24) is 14.2 Å². The number of benzene rings is 1. The molecule has 204 valence electrons. The molecule has 2 aromatic rings. The van der Waals surface area contributed by atoms with E-state index in [0.717, 1.165) is 5.56 Å². The molecule has 3 heterocycles. The molecule has 0 spiro atoms. The van der Waals surface area contributed by atoms with Crippen LogP contribution >= 0.6 is 0 Å². The number of likely N-dealkylation sites (N-methyl/N-ethyl adjacent to an activating group) is 1. The van der Waals surface area contributed by atoms with Crippen LogP contribution in [0.15, 0.2) is 47.6 Å². The van der Waals surface area contributed by atoms with Crippen molar-refractivity contribution < 1.29 is 27.8 Å². The number of hydrogen-bond acceptors (Lipinski definition) is 7. The smallest absolute Gasteiger partial charge is 0.247 e. The lowest BCUT2D eigenvalue weighted by Crippen LogP contribution is -2.50. The van der Waals surface area contributed by atoms with Gasteiger partial charge in [0.2, 0.25) is 15.9 Å². The van der Waals surface area contributed by atoms with E-state index in [9.17, 15) is 18.3 Å². The van der Waals surface area contributed by atoms with Gasteiger partial charge in [-0.25, -0.2) is 8.42 Å². The third-order valence-electron chi connectivity index (χ3n) is 7.10. The number of amides is 1. The minimum atomic E-state index is -3.96. The van der Waals surface area contributed by atoms with E-state index >= 15 is 0 Å². The highest BCUT2D eigenvalue weighted by atomic mass is 32.2. The van der Waals surface area contributed by atoms with E-state index in [1.54, 1.807) is 55.5 Å². The van der Waals surface area contributed by atoms with Gasteiger partial charge in [-0.15, -0.1) is 0 Å². The molecule has 3 atom stereocenters. The summed E-state index contributed by atoms with van der Waals surface area (Å²) >= 11 is 0. The number of fused-ring (bicyclic) bond motifs is 1. The Kier molecular flexibility index (Phi) is 9.05. The molecule has 0 aliphatic carbocycles. The molecule has 1 N–H and O–H groups in total. The third kappa shape index (κ3) is 6.35. The summed E-state index contributed by atoms with van der Waals surface area (Å²) in [6.45, 7) is 4.86. The maximum Gasteiger partial charge on any atom is 0.247 e. The van der Waals surface area contributed by atoms with Gasteiger partial charge in [-0.3, -0.25) is 9.78 Å². The first-order valence-electron chi connectivity index (χ1n) is 12.9. The zero-order chi connectivity index (χ0) is 27.3. The van der Waals surface area contributed by atoms with Gasteiger partial charge in [0.05, 0.1) is 13.2 Å². The molecule has 0 unspecified atom stereocenters. The minimum absolute atomic E-state index is 0.0163. The molecule has 1 aromatic carbocycles. The number of hydrogen-bond donors (Lipinski definition) is 1. The van der Waals surface area contributed by atoms with E-state index in [1.807, 2.05) is 6.92 Å². The highest BCUT2D eigenvalue weighted by Gasteiger charge is 2.38. The van der Waals surface area contributed by atoms with E-state index in [-0.39, 0.29) is 41.5 Å². The summed E-state index contributed by atoms with van der Waals surface area (Å²) in [5.74, 6) is 5.99. The summed E-state index contributed by atoms with van der Waals surface area (Å²) < 4.78 is 40.5. The van der Waals surface area contributed by atoms with Crippen LogP contribution in [-0.2, 0) is 19.6 Å². The van der Waals surface area contributed by atoms with E-state index in [1.165, 1.54) is 10.4 Å². The van der Waals surface area contributed by atoms with Crippen LogP contribution in [-0.4, -0.2) is 85.7 Å². The Hall–Kier alpha value is -2.97. The van der Waals surface area contributed by atoms with Crippen molar-refractivity contribution in [3.05, 3.63) is 53.9 Å². The van der Waals surface area contributed by atoms with E-state index in [4.69, 9.17) is 9.47 Å². The fourth-order valence-electron chi connectivity index (χ4n) is 4.72. The second-order valence-corrected chi connectivity index (χ2v) is 11.9. The Morgan fingerprint density at radius 1 is 1.18 bits per heavy atom. The number of rotatable bonds is 5. The molecule has 10 heteroatoms. The average molecular weight is 542 g/mol. The van der Waals surface area contributed by atoms with Crippen LogP contribution < -0.4 is 4.74 Å². The first-order chi connectivity index (χ1) is 18.2. The number of sulfonamides is 1. The van der Waals surface area contributed by atoms with Gasteiger partial charge in [-0.1, -0.05) is 18.8 Å². The number of nitrogens with zero attached hydrogens (tertiary/aromatic N) is 3. The zero-order valence-corrected chi connectivity index (χ0v) is 22.9. The summed E-state index contributed by atoms with van der Waals surface area (Å²) in [5.41, 5.74) is 1.37. The molecule has 2 aliphatic heterocycles. The van der Waals surface area contributed by atoms with E-state index < -0.39 is 22.2 Å². The monoisotopic (exact) mass is 541 g/mol. The van der Waals surface area contributed by atoms with Gasteiger partial charge in [0.15, 0.2) is 0 Å². The van der Waals surface area contributed by atoms with Crippen LogP contribution in [0.4, 0.5) is 0 Å². The molecule has 0 radical (unpaired) electrons. The number of carbonyl (C=O) groups is 1. The summed E-state index contributed by atoms with van der Waals surface area (Å²) in [6, 6.07) is 7.74. The van der Waals surface area contributed by atoms with Crippen LogP contribution in [0.2, 0.25) is 0 Å². The zero-order valence-electron chi connectivity index (χ0n) is 22.0. The maximum atomic E-state index is 13.7. The molecule has 0 saturated carbocycles. The Morgan fingerprint density at radius 2 is 1.87 bits per heavy atom. The molecule has 1 aromatic heterocycles. The molecule has 1 amide bonds. The van der Waals surface area contributed by atoms with Crippen LogP contribution in [0.3, 0.4) is 0 Å². The normalized spacial score (nSPS) is 22.5. The Balaban J connectivity index is 1.68. The first-order valence-corrected chi connectivity index (χ1v) is 14.3. The molecule has 4 rings (SSSR count). The highest BCUT2D eigenvalue weighted by Crippen LogP contribution is 2.34. The number of carbonyl (C=O) groups excluding carboxylic acids is 1. The van der Waals surface area contributed by atoms with Crippen LogP contribution in [0, 0.1) is 23.7 Å². The number of ether oxygens (including phenoxy) is 2. The van der Waals surface area contributed by atoms with Crippen molar-refractivity contribution in [1.29, 1.82) is 0 Å². The largest absolute Gasteiger partial charge is 0.487 e. The van der Waals surface area contributed by atoms with Crippen molar-refractivity contribution >= 4 is 15.9 Å². The van der Waals surface area contributed by atoms with Gasteiger partial charge in [0.1, 0.15) is 16.7 Å². The van der Waals surface area contributed by atoms with Crippen LogP contribution in [0.1, 0.15) is 37.8 Å². The molecule has 2 aliphatic rings. The van der Waals surface area contributed by atoms with Gasteiger partial charge in [0, 0.05) is 68.2 Å². The standard InChI is InChI=1S/C28H35N3O6S/c1-20-17-31(21(2)19-32)38(34,35)27-7-6-23(5-4-22-8-12-29-13-9-22)16-25(27)37-26(20)18-30(3)28(33)24-10-14-36-15-11-24/h6-9,12-13,16,20-21,24,26,32H,10-11,14-15,17-19H2,1-3H3/t20-,21-,26-/m0/s1. The van der Waals surface area contributed by atoms with Crippen LogP contribution in [0.25, 0.3) is 0 Å². The molecule has 1 saturated heterocycles. The van der Waals surface area contributed by atoms with E-state index in [0.29, 0.717) is 38.2 Å². The predicted molar refractivity (Wildman–Crippen MR) is 142 cm³/mol. The molecule has 0 bridgehead atoms. The van der Waals surface area contributed by atoms with Crippen molar-refractivity contribution in [2.75, 3.05) is 40.0 Å². The van der Waals surface area contributed by atoms with Gasteiger partial charge >= 0.3 is 0 Å². The fourth-order valence-corrected chi connectivity index (χ4v) is 6.54. The fraction of sp³-hybridized carbons (Fsp3) is 0.500. The molecular formula is C28H35N3O6S. The van der Waals surface area contributed by atoms with E-state index in [2.05, 4.69) is 16.8 Å². The summed E-state index contributed by atoms with van der Waals surface area (Å²) in [5, 5.41) is 9.84. The average Bonchev–Trinajstić information content (AvgIpc) is 2.93. The summed E-state index contributed by atoms with van der Waals surface area (Å²) in [4.78, 5) is 18.8. The first kappa shape index (κ1) is 28.0.